The fourth-order valence-electron chi connectivity index (χ4n) is 2.86. The lowest BCUT2D eigenvalue weighted by atomic mass is 9.92. The van der Waals surface area contributed by atoms with Gasteiger partial charge in [0.25, 0.3) is 0 Å². The Hall–Kier alpha value is -1.64. The molecule has 1 aliphatic carbocycles. The average Bonchev–Trinajstić information content (AvgIpc) is 2.73. The van der Waals surface area contributed by atoms with Gasteiger partial charge in [0, 0.05) is 11.5 Å². The number of carbonyl (C=O) groups is 2. The lowest BCUT2D eigenvalue weighted by Crippen LogP contribution is -2.16. The highest BCUT2D eigenvalue weighted by Gasteiger charge is 2.31. The van der Waals surface area contributed by atoms with Crippen LogP contribution in [0.5, 0.6) is 0 Å². The summed E-state index contributed by atoms with van der Waals surface area (Å²) in [4.78, 5) is 23.3. The van der Waals surface area contributed by atoms with Crippen molar-refractivity contribution in [3.8, 4) is 0 Å². The fraction of sp³-hybridized carbons (Fsp3) is 0.500. The quantitative estimate of drug-likeness (QED) is 0.885. The number of carbonyl (C=O) groups excluding carboxylic acids is 1. The van der Waals surface area contributed by atoms with Crippen molar-refractivity contribution in [2.24, 2.45) is 11.8 Å². The van der Waals surface area contributed by atoms with Crippen LogP contribution in [0.2, 0.25) is 0 Å². The summed E-state index contributed by atoms with van der Waals surface area (Å²) in [6, 6.07) is 5.72. The maximum atomic E-state index is 12.2. The van der Waals surface area contributed by atoms with Gasteiger partial charge in [-0.05, 0) is 36.8 Å². The standard InChI is InChI=1S/C16H20O3/c1-3-10-9-14-12(8-11(4-2)16(18)19)6-5-7-13(14)15(10)17/h5-7,10-11H,3-4,8-9H2,1-2H3,(H,18,19). The smallest absolute Gasteiger partial charge is 0.306 e. The summed E-state index contributed by atoms with van der Waals surface area (Å²) in [7, 11) is 0. The Labute approximate surface area is 113 Å². The number of Topliss-reactive ketones (excluding diaryl/α,β-unsaturated/α-hetero) is 1. The summed E-state index contributed by atoms with van der Waals surface area (Å²) < 4.78 is 0. The number of aliphatic carboxylic acids is 1. The molecule has 0 bridgehead atoms. The average molecular weight is 260 g/mol. The third-order valence-corrected chi connectivity index (χ3v) is 4.16. The van der Waals surface area contributed by atoms with Crippen LogP contribution in [0, 0.1) is 11.8 Å². The van der Waals surface area contributed by atoms with Gasteiger partial charge >= 0.3 is 5.97 Å². The van der Waals surface area contributed by atoms with Crippen molar-refractivity contribution in [3.63, 3.8) is 0 Å². The molecule has 1 aliphatic rings. The fourth-order valence-corrected chi connectivity index (χ4v) is 2.86. The first-order chi connectivity index (χ1) is 9.08. The molecule has 0 saturated heterocycles. The molecule has 1 N–H and O–H groups in total. The van der Waals surface area contributed by atoms with Gasteiger partial charge in [-0.25, -0.2) is 0 Å². The van der Waals surface area contributed by atoms with Crippen LogP contribution in [0.3, 0.4) is 0 Å². The second-order valence-corrected chi connectivity index (χ2v) is 5.26. The van der Waals surface area contributed by atoms with E-state index >= 15 is 0 Å². The van der Waals surface area contributed by atoms with E-state index in [9.17, 15) is 9.59 Å². The molecule has 0 heterocycles. The second-order valence-electron chi connectivity index (χ2n) is 5.26. The highest BCUT2D eigenvalue weighted by molar-refractivity contribution is 6.02. The first-order valence-corrected chi connectivity index (χ1v) is 6.96. The van der Waals surface area contributed by atoms with Crippen molar-refractivity contribution in [2.45, 2.75) is 39.5 Å². The number of rotatable bonds is 5. The summed E-state index contributed by atoms with van der Waals surface area (Å²) in [5.41, 5.74) is 2.93. The largest absolute Gasteiger partial charge is 0.481 e. The van der Waals surface area contributed by atoms with E-state index in [-0.39, 0.29) is 17.6 Å². The van der Waals surface area contributed by atoms with E-state index in [1.54, 1.807) is 0 Å². The number of ketones is 1. The van der Waals surface area contributed by atoms with Crippen molar-refractivity contribution in [3.05, 3.63) is 34.9 Å². The molecule has 0 fully saturated rings. The zero-order valence-corrected chi connectivity index (χ0v) is 11.5. The van der Waals surface area contributed by atoms with Crippen LogP contribution in [-0.4, -0.2) is 16.9 Å². The zero-order chi connectivity index (χ0) is 14.0. The Balaban J connectivity index is 2.30. The maximum absolute atomic E-state index is 12.2. The maximum Gasteiger partial charge on any atom is 0.306 e. The van der Waals surface area contributed by atoms with Crippen LogP contribution >= 0.6 is 0 Å². The normalized spacial score (nSPS) is 19.3. The molecular weight excluding hydrogens is 240 g/mol. The number of benzene rings is 1. The molecule has 0 spiro atoms. The van der Waals surface area contributed by atoms with Crippen molar-refractivity contribution in [1.29, 1.82) is 0 Å². The van der Waals surface area contributed by atoms with E-state index in [1.807, 2.05) is 32.0 Å². The summed E-state index contributed by atoms with van der Waals surface area (Å²) in [6.45, 7) is 3.92. The molecular formula is C16H20O3. The van der Waals surface area contributed by atoms with Crippen molar-refractivity contribution in [2.75, 3.05) is 0 Å². The van der Waals surface area contributed by atoms with E-state index in [0.29, 0.717) is 12.8 Å². The van der Waals surface area contributed by atoms with Crippen LogP contribution in [0.25, 0.3) is 0 Å². The summed E-state index contributed by atoms with van der Waals surface area (Å²) in [6.07, 6.45) is 2.77. The van der Waals surface area contributed by atoms with Crippen LogP contribution in [0.4, 0.5) is 0 Å². The molecule has 19 heavy (non-hydrogen) atoms. The monoisotopic (exact) mass is 260 g/mol. The minimum atomic E-state index is -0.753. The van der Waals surface area contributed by atoms with Gasteiger partial charge in [0.05, 0.1) is 5.92 Å². The Kier molecular flexibility index (Phi) is 4.03. The first-order valence-electron chi connectivity index (χ1n) is 6.96. The van der Waals surface area contributed by atoms with Gasteiger partial charge in [-0.3, -0.25) is 9.59 Å². The Bertz CT molecular complexity index is 505. The molecule has 0 radical (unpaired) electrons. The summed E-state index contributed by atoms with van der Waals surface area (Å²) >= 11 is 0. The Morgan fingerprint density at radius 2 is 2.16 bits per heavy atom. The highest BCUT2D eigenvalue weighted by atomic mass is 16.4. The number of carboxylic acids is 1. The predicted octanol–water partition coefficient (Wildman–Crippen LogP) is 3.10. The topological polar surface area (TPSA) is 54.4 Å². The van der Waals surface area contributed by atoms with Gasteiger partial charge in [-0.2, -0.15) is 0 Å². The molecule has 0 amide bonds. The lowest BCUT2D eigenvalue weighted by molar-refractivity contribution is -0.141. The van der Waals surface area contributed by atoms with E-state index < -0.39 is 5.97 Å². The molecule has 102 valence electrons. The summed E-state index contributed by atoms with van der Waals surface area (Å²) in [5.74, 6) is -0.803. The van der Waals surface area contributed by atoms with Gasteiger partial charge in [0.15, 0.2) is 5.78 Å². The van der Waals surface area contributed by atoms with Gasteiger partial charge in [0.1, 0.15) is 0 Å². The third-order valence-electron chi connectivity index (χ3n) is 4.16. The highest BCUT2D eigenvalue weighted by Crippen LogP contribution is 2.32. The van der Waals surface area contributed by atoms with Crippen molar-refractivity contribution < 1.29 is 14.7 Å². The number of carboxylic acid groups (broad SMARTS) is 1. The molecule has 0 aliphatic heterocycles. The zero-order valence-electron chi connectivity index (χ0n) is 11.5. The van der Waals surface area contributed by atoms with E-state index in [2.05, 4.69) is 0 Å². The van der Waals surface area contributed by atoms with Crippen LogP contribution < -0.4 is 0 Å². The van der Waals surface area contributed by atoms with E-state index in [1.165, 1.54) is 0 Å². The number of hydrogen-bond acceptors (Lipinski definition) is 2. The lowest BCUT2D eigenvalue weighted by Gasteiger charge is -2.13. The van der Waals surface area contributed by atoms with Crippen LogP contribution in [0.1, 0.15) is 48.2 Å². The minimum absolute atomic E-state index is 0.0843. The number of hydrogen-bond donors (Lipinski definition) is 1. The van der Waals surface area contributed by atoms with Gasteiger partial charge in [-0.15, -0.1) is 0 Å². The number of fused-ring (bicyclic) bond motifs is 1. The molecule has 2 unspecified atom stereocenters. The predicted molar refractivity (Wildman–Crippen MR) is 73.4 cm³/mol. The van der Waals surface area contributed by atoms with Gasteiger partial charge in [0.2, 0.25) is 0 Å². The minimum Gasteiger partial charge on any atom is -0.481 e. The van der Waals surface area contributed by atoms with Crippen molar-refractivity contribution in [1.82, 2.24) is 0 Å². The van der Waals surface area contributed by atoms with Crippen LogP contribution in [-0.2, 0) is 17.6 Å². The van der Waals surface area contributed by atoms with Crippen LogP contribution in [0.15, 0.2) is 18.2 Å². The molecule has 3 heteroatoms. The molecule has 3 nitrogen and oxygen atoms in total. The summed E-state index contributed by atoms with van der Waals surface area (Å²) in [5, 5.41) is 9.17. The molecule has 0 saturated carbocycles. The van der Waals surface area contributed by atoms with Gasteiger partial charge in [-0.1, -0.05) is 32.0 Å². The molecule has 1 aromatic carbocycles. The third kappa shape index (κ3) is 2.55. The van der Waals surface area contributed by atoms with Gasteiger partial charge < -0.3 is 5.11 Å². The van der Waals surface area contributed by atoms with E-state index in [0.717, 1.165) is 29.5 Å². The molecule has 1 aromatic rings. The van der Waals surface area contributed by atoms with Crippen molar-refractivity contribution >= 4 is 11.8 Å². The first kappa shape index (κ1) is 13.8. The second kappa shape index (κ2) is 5.55. The Morgan fingerprint density at radius 3 is 2.74 bits per heavy atom. The molecule has 2 rings (SSSR count). The molecule has 2 atom stereocenters. The molecule has 0 aromatic heterocycles. The van der Waals surface area contributed by atoms with E-state index in [4.69, 9.17) is 5.11 Å². The SMILES string of the molecule is CCC(Cc1cccc2c1CC(CC)C2=O)C(=O)O. The Morgan fingerprint density at radius 1 is 1.42 bits per heavy atom.